The van der Waals surface area contributed by atoms with E-state index in [9.17, 15) is 9.18 Å². The van der Waals surface area contributed by atoms with E-state index in [1.54, 1.807) is 6.07 Å². The number of hydrogen-bond acceptors (Lipinski definition) is 3. The highest BCUT2D eigenvalue weighted by molar-refractivity contribution is 7.20. The SMILES string of the molecule is O=C(c1cc2ccc(F)cc2s1)N(CCCO)C1CCC1. The average molecular weight is 307 g/mol. The second-order valence-electron chi connectivity index (χ2n) is 5.45. The van der Waals surface area contributed by atoms with Gasteiger partial charge in [-0.1, -0.05) is 6.07 Å². The van der Waals surface area contributed by atoms with Gasteiger partial charge in [-0.05, 0) is 49.3 Å². The van der Waals surface area contributed by atoms with E-state index in [2.05, 4.69) is 0 Å². The number of rotatable bonds is 5. The molecule has 0 unspecified atom stereocenters. The van der Waals surface area contributed by atoms with Gasteiger partial charge in [0.15, 0.2) is 0 Å². The molecule has 0 saturated heterocycles. The Morgan fingerprint density at radius 1 is 1.38 bits per heavy atom. The minimum atomic E-state index is -0.278. The zero-order valence-corrected chi connectivity index (χ0v) is 12.5. The summed E-state index contributed by atoms with van der Waals surface area (Å²) in [4.78, 5) is 15.2. The monoisotopic (exact) mass is 307 g/mol. The van der Waals surface area contributed by atoms with Gasteiger partial charge in [0, 0.05) is 23.9 Å². The summed E-state index contributed by atoms with van der Waals surface area (Å²) in [5.74, 6) is -0.269. The molecule has 0 radical (unpaired) electrons. The highest BCUT2D eigenvalue weighted by atomic mass is 32.1. The fraction of sp³-hybridized carbons (Fsp3) is 0.438. The maximum atomic E-state index is 13.2. The molecule has 21 heavy (non-hydrogen) atoms. The van der Waals surface area contributed by atoms with E-state index in [4.69, 9.17) is 5.11 Å². The van der Waals surface area contributed by atoms with E-state index in [1.165, 1.54) is 23.5 Å². The van der Waals surface area contributed by atoms with Crippen molar-refractivity contribution in [2.75, 3.05) is 13.2 Å². The minimum absolute atomic E-state index is 0.00904. The Morgan fingerprint density at radius 3 is 2.86 bits per heavy atom. The fourth-order valence-electron chi connectivity index (χ4n) is 2.64. The summed E-state index contributed by atoms with van der Waals surface area (Å²) in [6.45, 7) is 0.677. The van der Waals surface area contributed by atoms with Crippen LogP contribution in [-0.2, 0) is 0 Å². The number of halogens is 1. The number of aliphatic hydroxyl groups excluding tert-OH is 1. The van der Waals surface area contributed by atoms with Gasteiger partial charge in [-0.2, -0.15) is 0 Å². The maximum absolute atomic E-state index is 13.2. The molecule has 1 N–H and O–H groups in total. The molecule has 3 nitrogen and oxygen atoms in total. The van der Waals surface area contributed by atoms with E-state index in [0.29, 0.717) is 23.9 Å². The van der Waals surface area contributed by atoms with Crippen LogP contribution < -0.4 is 0 Å². The smallest absolute Gasteiger partial charge is 0.264 e. The Morgan fingerprint density at radius 2 is 2.19 bits per heavy atom. The molecule has 1 aliphatic carbocycles. The zero-order chi connectivity index (χ0) is 14.8. The molecule has 1 amide bonds. The van der Waals surface area contributed by atoms with Gasteiger partial charge in [0.05, 0.1) is 4.88 Å². The summed E-state index contributed by atoms with van der Waals surface area (Å²) in [6.07, 6.45) is 3.83. The Balaban J connectivity index is 1.85. The van der Waals surface area contributed by atoms with Crippen LogP contribution in [0.15, 0.2) is 24.3 Å². The highest BCUT2D eigenvalue weighted by Gasteiger charge is 2.29. The van der Waals surface area contributed by atoms with Crippen LogP contribution in [0.25, 0.3) is 10.1 Å². The Kier molecular flexibility index (Phi) is 4.22. The summed E-state index contributed by atoms with van der Waals surface area (Å²) in [5, 5.41) is 9.91. The fourth-order valence-corrected chi connectivity index (χ4v) is 3.69. The molecule has 112 valence electrons. The van der Waals surface area contributed by atoms with Crippen LogP contribution in [0.3, 0.4) is 0 Å². The first-order valence-electron chi connectivity index (χ1n) is 7.30. The zero-order valence-electron chi connectivity index (χ0n) is 11.7. The summed E-state index contributed by atoms with van der Waals surface area (Å²) >= 11 is 1.34. The lowest BCUT2D eigenvalue weighted by Gasteiger charge is -2.37. The number of fused-ring (bicyclic) bond motifs is 1. The van der Waals surface area contributed by atoms with Crippen molar-refractivity contribution in [3.63, 3.8) is 0 Å². The summed E-state index contributed by atoms with van der Waals surface area (Å²) in [7, 11) is 0. The predicted octanol–water partition coefficient (Wildman–Crippen LogP) is 3.42. The first kappa shape index (κ1) is 14.5. The van der Waals surface area contributed by atoms with Crippen LogP contribution in [0.2, 0.25) is 0 Å². The van der Waals surface area contributed by atoms with Gasteiger partial charge in [-0.15, -0.1) is 11.3 Å². The van der Waals surface area contributed by atoms with Crippen molar-refractivity contribution in [1.82, 2.24) is 4.90 Å². The molecule has 1 aromatic heterocycles. The second-order valence-corrected chi connectivity index (χ2v) is 6.54. The molecule has 1 saturated carbocycles. The van der Waals surface area contributed by atoms with Crippen LogP contribution >= 0.6 is 11.3 Å². The van der Waals surface area contributed by atoms with Gasteiger partial charge in [0.1, 0.15) is 5.82 Å². The van der Waals surface area contributed by atoms with Crippen molar-refractivity contribution in [2.24, 2.45) is 0 Å². The van der Waals surface area contributed by atoms with Crippen LogP contribution in [0.4, 0.5) is 4.39 Å². The number of amides is 1. The average Bonchev–Trinajstić information content (AvgIpc) is 2.83. The lowest BCUT2D eigenvalue weighted by molar-refractivity contribution is 0.0567. The number of hydrogen-bond donors (Lipinski definition) is 1. The van der Waals surface area contributed by atoms with Crippen molar-refractivity contribution in [3.8, 4) is 0 Å². The molecule has 1 aliphatic rings. The number of benzene rings is 1. The van der Waals surface area contributed by atoms with Crippen LogP contribution in [-0.4, -0.2) is 35.1 Å². The van der Waals surface area contributed by atoms with Gasteiger partial charge in [-0.25, -0.2) is 4.39 Å². The van der Waals surface area contributed by atoms with Crippen molar-refractivity contribution in [3.05, 3.63) is 35.0 Å². The molecule has 2 aromatic rings. The molecule has 3 rings (SSSR count). The Bertz CT molecular complexity index is 651. The molecular weight excluding hydrogens is 289 g/mol. The largest absolute Gasteiger partial charge is 0.396 e. The maximum Gasteiger partial charge on any atom is 0.264 e. The Hall–Kier alpha value is -1.46. The molecule has 1 aromatic carbocycles. The van der Waals surface area contributed by atoms with Gasteiger partial charge in [-0.3, -0.25) is 4.79 Å². The summed E-state index contributed by atoms with van der Waals surface area (Å²) in [6, 6.07) is 6.73. The van der Waals surface area contributed by atoms with Gasteiger partial charge < -0.3 is 10.0 Å². The lowest BCUT2D eigenvalue weighted by atomic mass is 9.91. The third-order valence-electron chi connectivity index (χ3n) is 4.03. The first-order chi connectivity index (χ1) is 10.2. The molecule has 1 heterocycles. The second kappa shape index (κ2) is 6.12. The summed E-state index contributed by atoms with van der Waals surface area (Å²) in [5.41, 5.74) is 0. The third-order valence-corrected chi connectivity index (χ3v) is 5.11. The highest BCUT2D eigenvalue weighted by Crippen LogP contribution is 2.31. The molecule has 0 spiro atoms. The normalized spacial score (nSPS) is 15.1. The minimum Gasteiger partial charge on any atom is -0.396 e. The van der Waals surface area contributed by atoms with E-state index >= 15 is 0 Å². The molecule has 1 fully saturated rings. The molecule has 0 aliphatic heterocycles. The van der Waals surface area contributed by atoms with Crippen molar-refractivity contribution in [1.29, 1.82) is 0 Å². The van der Waals surface area contributed by atoms with Crippen molar-refractivity contribution >= 4 is 27.3 Å². The van der Waals surface area contributed by atoms with E-state index < -0.39 is 0 Å². The quantitative estimate of drug-likeness (QED) is 0.919. The van der Waals surface area contributed by atoms with Gasteiger partial charge in [0.25, 0.3) is 5.91 Å². The van der Waals surface area contributed by atoms with E-state index in [-0.39, 0.29) is 18.3 Å². The molecular formula is C16H18FNO2S. The first-order valence-corrected chi connectivity index (χ1v) is 8.11. The van der Waals surface area contributed by atoms with Gasteiger partial charge >= 0.3 is 0 Å². The topological polar surface area (TPSA) is 40.5 Å². The summed E-state index contributed by atoms with van der Waals surface area (Å²) < 4.78 is 14.0. The number of thiophene rings is 1. The van der Waals surface area contributed by atoms with E-state index in [0.717, 1.165) is 29.3 Å². The van der Waals surface area contributed by atoms with Crippen LogP contribution in [0, 0.1) is 5.82 Å². The molecule has 0 bridgehead atoms. The number of aliphatic hydroxyl groups is 1. The third kappa shape index (κ3) is 2.94. The van der Waals surface area contributed by atoms with E-state index in [1.807, 2.05) is 11.0 Å². The number of nitrogens with zero attached hydrogens (tertiary/aromatic N) is 1. The molecule has 5 heteroatoms. The van der Waals surface area contributed by atoms with Crippen molar-refractivity contribution < 1.29 is 14.3 Å². The number of carbonyl (C=O) groups excluding carboxylic acids is 1. The van der Waals surface area contributed by atoms with Crippen LogP contribution in [0.5, 0.6) is 0 Å². The predicted molar refractivity (Wildman–Crippen MR) is 82.2 cm³/mol. The lowest BCUT2D eigenvalue weighted by Crippen LogP contribution is -2.44. The molecule has 0 atom stereocenters. The van der Waals surface area contributed by atoms with Crippen LogP contribution in [0.1, 0.15) is 35.4 Å². The Labute approximate surface area is 127 Å². The standard InChI is InChI=1S/C16H18FNO2S/c17-12-6-5-11-9-15(21-14(11)10-12)16(20)18(7-2-8-19)13-3-1-4-13/h5-6,9-10,13,19H,1-4,7-8H2. The van der Waals surface area contributed by atoms with Crippen molar-refractivity contribution in [2.45, 2.75) is 31.7 Å². The number of carbonyl (C=O) groups is 1. The van der Waals surface area contributed by atoms with Gasteiger partial charge in [0.2, 0.25) is 0 Å².